The molecule has 1 aliphatic carbocycles. The van der Waals surface area contributed by atoms with Gasteiger partial charge in [-0.3, -0.25) is 4.79 Å². The molecule has 148 valence electrons. The van der Waals surface area contributed by atoms with Crippen LogP contribution in [0, 0.1) is 11.8 Å². The first kappa shape index (κ1) is 19.2. The van der Waals surface area contributed by atoms with E-state index in [1.165, 1.54) is 42.1 Å². The number of hydrogen-bond donors (Lipinski definition) is 0. The molecule has 4 rings (SSSR count). The molecular formula is C20H27ClN2O3S. The Kier molecular flexibility index (Phi) is 5.50. The van der Waals surface area contributed by atoms with Crippen molar-refractivity contribution in [1.29, 1.82) is 0 Å². The summed E-state index contributed by atoms with van der Waals surface area (Å²) in [5, 5.41) is 0.325. The predicted octanol–water partition coefficient (Wildman–Crippen LogP) is 3.78. The van der Waals surface area contributed by atoms with Crippen LogP contribution >= 0.6 is 11.6 Å². The van der Waals surface area contributed by atoms with Gasteiger partial charge in [0.2, 0.25) is 10.0 Å². The second-order valence-corrected chi connectivity index (χ2v) is 10.4. The van der Waals surface area contributed by atoms with E-state index in [-0.39, 0.29) is 10.8 Å². The fourth-order valence-electron chi connectivity index (χ4n) is 4.86. The van der Waals surface area contributed by atoms with Crippen LogP contribution in [0.2, 0.25) is 5.02 Å². The van der Waals surface area contributed by atoms with Crippen LogP contribution in [-0.4, -0.2) is 49.7 Å². The molecule has 3 aliphatic rings. The van der Waals surface area contributed by atoms with Crippen molar-refractivity contribution in [2.75, 3.05) is 26.2 Å². The molecule has 0 radical (unpaired) electrons. The maximum atomic E-state index is 13.1. The average Bonchev–Trinajstić information content (AvgIpc) is 3.23. The molecular weight excluding hydrogens is 384 g/mol. The quantitative estimate of drug-likeness (QED) is 0.761. The van der Waals surface area contributed by atoms with Crippen molar-refractivity contribution in [2.24, 2.45) is 11.8 Å². The van der Waals surface area contributed by atoms with E-state index in [2.05, 4.69) is 0 Å². The van der Waals surface area contributed by atoms with E-state index in [1.54, 1.807) is 6.07 Å². The summed E-state index contributed by atoms with van der Waals surface area (Å²) in [4.78, 5) is 15.2. The van der Waals surface area contributed by atoms with E-state index in [9.17, 15) is 13.2 Å². The number of carbonyl (C=O) groups is 1. The number of sulfonamides is 1. The van der Waals surface area contributed by atoms with Crippen molar-refractivity contribution in [3.63, 3.8) is 0 Å². The van der Waals surface area contributed by atoms with Crippen molar-refractivity contribution < 1.29 is 13.2 Å². The number of amides is 1. The van der Waals surface area contributed by atoms with Crippen molar-refractivity contribution in [3.05, 3.63) is 28.8 Å². The van der Waals surface area contributed by atoms with Crippen LogP contribution in [-0.2, 0) is 10.0 Å². The van der Waals surface area contributed by atoms with Gasteiger partial charge in [-0.15, -0.1) is 0 Å². The van der Waals surface area contributed by atoms with Gasteiger partial charge in [0, 0.05) is 26.2 Å². The minimum Gasteiger partial charge on any atom is -0.338 e. The van der Waals surface area contributed by atoms with Crippen LogP contribution in [0.5, 0.6) is 0 Å². The molecule has 2 saturated heterocycles. The molecule has 5 nitrogen and oxygen atoms in total. The van der Waals surface area contributed by atoms with Crippen LogP contribution in [0.4, 0.5) is 0 Å². The first-order chi connectivity index (χ1) is 13.0. The lowest BCUT2D eigenvalue weighted by atomic mass is 9.75. The number of hydrogen-bond acceptors (Lipinski definition) is 3. The van der Waals surface area contributed by atoms with Gasteiger partial charge in [0.25, 0.3) is 5.91 Å². The molecule has 0 spiro atoms. The number of likely N-dealkylation sites (tertiary alicyclic amines) is 1. The smallest absolute Gasteiger partial charge is 0.255 e. The van der Waals surface area contributed by atoms with Gasteiger partial charge >= 0.3 is 0 Å². The van der Waals surface area contributed by atoms with Gasteiger partial charge in [-0.1, -0.05) is 30.9 Å². The Labute approximate surface area is 166 Å². The summed E-state index contributed by atoms with van der Waals surface area (Å²) in [5.74, 6) is 1.18. The second-order valence-electron chi connectivity index (χ2n) is 8.10. The number of piperidine rings is 1. The summed E-state index contributed by atoms with van der Waals surface area (Å²) in [6, 6.07) is 4.54. The Morgan fingerprint density at radius 3 is 2.41 bits per heavy atom. The molecule has 2 heterocycles. The zero-order chi connectivity index (χ0) is 19.0. The summed E-state index contributed by atoms with van der Waals surface area (Å²) in [6.07, 6.45) is 7.82. The van der Waals surface area contributed by atoms with Gasteiger partial charge in [0.1, 0.15) is 0 Å². The molecule has 0 unspecified atom stereocenters. The van der Waals surface area contributed by atoms with Gasteiger partial charge in [0.05, 0.1) is 15.5 Å². The first-order valence-corrected chi connectivity index (χ1v) is 11.9. The van der Waals surface area contributed by atoms with Crippen molar-refractivity contribution in [3.8, 4) is 0 Å². The third-order valence-electron chi connectivity index (χ3n) is 6.45. The number of nitrogens with zero attached hydrogens (tertiary/aromatic N) is 2. The highest BCUT2D eigenvalue weighted by atomic mass is 35.5. The minimum absolute atomic E-state index is 0.137. The van der Waals surface area contributed by atoms with E-state index in [0.29, 0.717) is 29.6 Å². The van der Waals surface area contributed by atoms with Crippen LogP contribution in [0.15, 0.2) is 23.1 Å². The largest absolute Gasteiger partial charge is 0.338 e. The van der Waals surface area contributed by atoms with Gasteiger partial charge in [0.15, 0.2) is 0 Å². The average molecular weight is 411 g/mol. The lowest BCUT2D eigenvalue weighted by molar-refractivity contribution is 0.0521. The predicted molar refractivity (Wildman–Crippen MR) is 105 cm³/mol. The number of carbonyl (C=O) groups excluding carboxylic acids is 1. The molecule has 0 aromatic heterocycles. The molecule has 1 aromatic rings. The zero-order valence-electron chi connectivity index (χ0n) is 15.6. The molecule has 0 bridgehead atoms. The normalized spacial score (nSPS) is 26.8. The summed E-state index contributed by atoms with van der Waals surface area (Å²) < 4.78 is 27.2. The van der Waals surface area contributed by atoms with E-state index in [1.807, 2.05) is 4.90 Å². The molecule has 7 heteroatoms. The van der Waals surface area contributed by atoms with Crippen LogP contribution in [0.3, 0.4) is 0 Å². The summed E-state index contributed by atoms with van der Waals surface area (Å²) in [6.45, 7) is 2.59. The Balaban J connectivity index is 1.57. The second kappa shape index (κ2) is 7.72. The monoisotopic (exact) mass is 410 g/mol. The molecule has 2 atom stereocenters. The zero-order valence-corrected chi connectivity index (χ0v) is 17.1. The van der Waals surface area contributed by atoms with Gasteiger partial charge in [-0.2, -0.15) is 4.31 Å². The summed E-state index contributed by atoms with van der Waals surface area (Å²) in [5.41, 5.74) is 0.311. The van der Waals surface area contributed by atoms with E-state index >= 15 is 0 Å². The van der Waals surface area contributed by atoms with Crippen molar-refractivity contribution in [2.45, 2.75) is 49.8 Å². The molecule has 1 amide bonds. The Hall–Kier alpha value is -1.11. The maximum absolute atomic E-state index is 13.1. The third kappa shape index (κ3) is 3.76. The summed E-state index contributed by atoms with van der Waals surface area (Å²) >= 11 is 6.30. The minimum atomic E-state index is -3.56. The van der Waals surface area contributed by atoms with Gasteiger partial charge < -0.3 is 4.90 Å². The van der Waals surface area contributed by atoms with Crippen molar-refractivity contribution in [1.82, 2.24) is 9.21 Å². The fourth-order valence-corrected chi connectivity index (χ4v) is 6.60. The number of halogens is 1. The Morgan fingerprint density at radius 1 is 0.963 bits per heavy atom. The van der Waals surface area contributed by atoms with Crippen molar-refractivity contribution >= 4 is 27.5 Å². The highest BCUT2D eigenvalue weighted by Gasteiger charge is 2.34. The Morgan fingerprint density at radius 2 is 1.67 bits per heavy atom. The van der Waals surface area contributed by atoms with Gasteiger partial charge in [-0.05, 0) is 55.7 Å². The summed E-state index contributed by atoms with van der Waals surface area (Å²) in [7, 11) is -3.56. The van der Waals surface area contributed by atoms with E-state index < -0.39 is 10.0 Å². The number of fused-ring (bicyclic) bond motifs is 1. The maximum Gasteiger partial charge on any atom is 0.255 e. The first-order valence-electron chi connectivity index (χ1n) is 10.1. The standard InChI is InChI=1S/C20H27ClN2O3S/c21-19-8-7-17(27(25,26)23-10-3-4-11-23)13-18(19)20(24)22-12-9-15-5-1-2-6-16(15)14-22/h7-8,13,15-16H,1-6,9-12,14H2/t15-,16+/m0/s1. The SMILES string of the molecule is O=C(c1cc(S(=O)(=O)N2CCCC2)ccc1Cl)N1CC[C@@H]2CCCC[C@@H]2C1. The van der Waals surface area contributed by atoms with Gasteiger partial charge in [-0.25, -0.2) is 8.42 Å². The fraction of sp³-hybridized carbons (Fsp3) is 0.650. The molecule has 2 aliphatic heterocycles. The highest BCUT2D eigenvalue weighted by molar-refractivity contribution is 7.89. The van der Waals surface area contributed by atoms with Crippen LogP contribution in [0.25, 0.3) is 0 Å². The Bertz CT molecular complexity index is 821. The molecule has 3 fully saturated rings. The molecule has 1 aromatic carbocycles. The van der Waals surface area contributed by atoms with Crippen LogP contribution in [0.1, 0.15) is 55.3 Å². The number of benzene rings is 1. The lowest BCUT2D eigenvalue weighted by Gasteiger charge is -2.41. The van der Waals surface area contributed by atoms with E-state index in [4.69, 9.17) is 11.6 Å². The van der Waals surface area contributed by atoms with E-state index in [0.717, 1.165) is 38.3 Å². The molecule has 27 heavy (non-hydrogen) atoms. The molecule has 0 N–H and O–H groups in total. The topological polar surface area (TPSA) is 57.7 Å². The highest BCUT2D eigenvalue weighted by Crippen LogP contribution is 2.37. The van der Waals surface area contributed by atoms with Crippen LogP contribution < -0.4 is 0 Å². The molecule has 1 saturated carbocycles. The number of rotatable bonds is 3. The third-order valence-corrected chi connectivity index (χ3v) is 8.67. The lowest BCUT2D eigenvalue weighted by Crippen LogP contribution is -2.44.